The number of nitrogens with zero attached hydrogens (tertiary/aromatic N) is 2. The lowest BCUT2D eigenvalue weighted by Gasteiger charge is -2.58. The van der Waals surface area contributed by atoms with Crippen LogP contribution < -0.4 is 5.32 Å². The Kier molecular flexibility index (Phi) is 6.86. The summed E-state index contributed by atoms with van der Waals surface area (Å²) in [5, 5.41) is 16.9. The van der Waals surface area contributed by atoms with Crippen LogP contribution in [0, 0.1) is 23.7 Å². The fraction of sp³-hybridized carbons (Fsp3) is 0.475. The summed E-state index contributed by atoms with van der Waals surface area (Å²) in [6.45, 7) is 6.34. The van der Waals surface area contributed by atoms with Gasteiger partial charge >= 0.3 is 5.97 Å². The van der Waals surface area contributed by atoms with E-state index >= 15 is 0 Å². The first-order valence-electron chi connectivity index (χ1n) is 17.6. The van der Waals surface area contributed by atoms with Gasteiger partial charge in [0.05, 0.1) is 19.1 Å². The molecule has 2 unspecified atom stereocenters. The number of aliphatic hydroxyl groups is 1. The third kappa shape index (κ3) is 4.12. The van der Waals surface area contributed by atoms with Crippen molar-refractivity contribution in [3.63, 3.8) is 0 Å². The molecule has 10 rings (SSSR count). The number of methoxy groups -OCH3 is 1. The van der Waals surface area contributed by atoms with Gasteiger partial charge in [-0.25, -0.2) is 0 Å². The first kappa shape index (κ1) is 29.5. The fourth-order valence-corrected chi connectivity index (χ4v) is 10.9. The maximum atomic E-state index is 13.5. The first-order valence-corrected chi connectivity index (χ1v) is 17.6. The molecular weight excluding hydrogens is 584 g/mol. The van der Waals surface area contributed by atoms with Crippen LogP contribution in [0.1, 0.15) is 66.7 Å². The molecule has 47 heavy (non-hydrogen) atoms. The number of aliphatic hydroxyl groups excluding tert-OH is 1. The highest BCUT2D eigenvalue weighted by Gasteiger charge is 2.53. The van der Waals surface area contributed by atoms with Crippen molar-refractivity contribution in [1.82, 2.24) is 19.8 Å². The van der Waals surface area contributed by atoms with Crippen molar-refractivity contribution in [3.05, 3.63) is 93.8 Å². The zero-order valence-electron chi connectivity index (χ0n) is 27.9. The number of hydrogen-bond donors (Lipinski definition) is 3. The minimum Gasteiger partial charge on any atom is -0.469 e. The molecule has 5 aliphatic heterocycles. The molecule has 2 aromatic heterocycles. The number of aryl methyl sites for hydroxylation is 1. The molecule has 7 nitrogen and oxygen atoms in total. The van der Waals surface area contributed by atoms with Crippen molar-refractivity contribution in [2.75, 3.05) is 26.8 Å². The number of carbonyl (C=O) groups excluding carboxylic acids is 1. The Morgan fingerprint density at radius 1 is 1.02 bits per heavy atom. The Hall–Kier alpha value is -3.65. The number of piperidine rings is 4. The van der Waals surface area contributed by atoms with Gasteiger partial charge in [-0.3, -0.25) is 9.69 Å². The quantitative estimate of drug-likeness (QED) is 0.194. The minimum atomic E-state index is -0.237. The van der Waals surface area contributed by atoms with E-state index in [4.69, 9.17) is 4.74 Å². The zero-order chi connectivity index (χ0) is 32.1. The topological polar surface area (TPSA) is 82.5 Å². The Morgan fingerprint density at radius 3 is 2.64 bits per heavy atom. The summed E-state index contributed by atoms with van der Waals surface area (Å²) in [7, 11) is 3.79. The van der Waals surface area contributed by atoms with Gasteiger partial charge in [-0.2, -0.15) is 0 Å². The molecule has 6 bridgehead atoms. The van der Waals surface area contributed by atoms with E-state index in [2.05, 4.69) is 95.3 Å². The number of allylic oxidation sites excluding steroid dienone is 2. The molecule has 7 heterocycles. The molecule has 0 saturated carbocycles. The van der Waals surface area contributed by atoms with Gasteiger partial charge < -0.3 is 24.7 Å². The number of benzene rings is 2. The molecule has 7 heteroatoms. The van der Waals surface area contributed by atoms with E-state index in [9.17, 15) is 9.90 Å². The zero-order valence-corrected chi connectivity index (χ0v) is 27.9. The second-order valence-corrected chi connectivity index (χ2v) is 14.8. The molecule has 0 radical (unpaired) electrons. The van der Waals surface area contributed by atoms with Gasteiger partial charge in [0.15, 0.2) is 0 Å². The predicted molar refractivity (Wildman–Crippen MR) is 185 cm³/mol. The van der Waals surface area contributed by atoms with Crippen LogP contribution >= 0.6 is 0 Å². The summed E-state index contributed by atoms with van der Waals surface area (Å²) in [5.74, 6) is 0.612. The molecule has 244 valence electrons. The summed E-state index contributed by atoms with van der Waals surface area (Å²) in [5.41, 5.74) is 12.1. The van der Waals surface area contributed by atoms with Crippen LogP contribution in [0.3, 0.4) is 0 Å². The Balaban J connectivity index is 1.21. The molecular formula is C40H46N4O3. The number of aromatic nitrogens is 2. The maximum Gasteiger partial charge on any atom is 0.310 e. The molecule has 2 aromatic carbocycles. The van der Waals surface area contributed by atoms with E-state index in [0.29, 0.717) is 23.9 Å². The fourth-order valence-electron chi connectivity index (χ4n) is 10.9. The van der Waals surface area contributed by atoms with Crippen molar-refractivity contribution < 1.29 is 14.6 Å². The van der Waals surface area contributed by atoms with Crippen molar-refractivity contribution in [2.45, 2.75) is 63.6 Å². The van der Waals surface area contributed by atoms with Gasteiger partial charge in [-0.1, -0.05) is 47.6 Å². The third-order valence-electron chi connectivity index (χ3n) is 13.1. The SMILES string of the molecule is CC=C1CN2[C@H]3C[C@@H]1C(CO)[C@@H]2Cc1c3n(C)c2ccc([C@@H]3C[C@H]4/C(=C\C)CN[C@@H](Cc5c3[nH]c3ccccc53)[C@H]4C(=O)OC)cc12. The van der Waals surface area contributed by atoms with Crippen LogP contribution in [0.15, 0.2) is 65.8 Å². The summed E-state index contributed by atoms with van der Waals surface area (Å²) < 4.78 is 7.95. The van der Waals surface area contributed by atoms with Gasteiger partial charge in [0.2, 0.25) is 0 Å². The van der Waals surface area contributed by atoms with E-state index < -0.39 is 0 Å². The second-order valence-electron chi connectivity index (χ2n) is 14.8. The van der Waals surface area contributed by atoms with Gasteiger partial charge in [-0.05, 0) is 86.3 Å². The summed E-state index contributed by atoms with van der Waals surface area (Å²) >= 11 is 0. The average molecular weight is 631 g/mol. The Bertz CT molecular complexity index is 1980. The van der Waals surface area contributed by atoms with Crippen molar-refractivity contribution in [2.24, 2.45) is 30.7 Å². The molecule has 9 atom stereocenters. The van der Waals surface area contributed by atoms with E-state index in [0.717, 1.165) is 44.3 Å². The average Bonchev–Trinajstić information content (AvgIpc) is 3.59. The molecule has 0 amide bonds. The van der Waals surface area contributed by atoms with Crippen molar-refractivity contribution in [1.29, 1.82) is 0 Å². The van der Waals surface area contributed by atoms with Crippen molar-refractivity contribution >= 4 is 27.8 Å². The van der Waals surface area contributed by atoms with Crippen LogP contribution in [-0.2, 0) is 29.4 Å². The molecule has 0 spiro atoms. The van der Waals surface area contributed by atoms with E-state index in [1.807, 2.05) is 0 Å². The van der Waals surface area contributed by atoms with Crippen LogP contribution in [0.2, 0.25) is 0 Å². The molecule has 6 aliphatic rings. The van der Waals surface area contributed by atoms with E-state index in [1.165, 1.54) is 62.6 Å². The number of H-pyrrole nitrogens is 1. The number of aromatic amines is 1. The molecule has 4 aromatic rings. The predicted octanol–water partition coefficient (Wildman–Crippen LogP) is 5.92. The Morgan fingerprint density at radius 2 is 1.85 bits per heavy atom. The highest BCUT2D eigenvalue weighted by Crippen LogP contribution is 2.55. The minimum absolute atomic E-state index is 0.0194. The Labute approximate surface area is 276 Å². The molecule has 3 N–H and O–H groups in total. The lowest BCUT2D eigenvalue weighted by atomic mass is 9.64. The van der Waals surface area contributed by atoms with Gasteiger partial charge in [0.25, 0.3) is 0 Å². The standard InChI is InChI=1S/C40H46N4O3/c1-5-21-18-41-33-15-29-24-9-7-8-10-32(24)42-38(29)27(14-26(21)37(33)40(46)47-4)23-11-12-34-28(13-23)30-17-35-31(20-45)25-16-36(39(30)43(34)3)44(35)19-22(25)6-2/h5-13,25-27,31,33,35-37,41-42,45H,14-20H2,1-4H3/b21-5-,22-6?/t25-,26-,27-,31?,33-,35-,36-,37-/m0/s1. The highest BCUT2D eigenvalue weighted by molar-refractivity contribution is 5.88. The number of hydrogen-bond acceptors (Lipinski definition) is 5. The lowest BCUT2D eigenvalue weighted by molar-refractivity contribution is -0.149. The number of rotatable bonds is 3. The highest BCUT2D eigenvalue weighted by atomic mass is 16.5. The van der Waals surface area contributed by atoms with Crippen LogP contribution in [0.5, 0.6) is 0 Å². The maximum absolute atomic E-state index is 13.5. The largest absolute Gasteiger partial charge is 0.469 e. The van der Waals surface area contributed by atoms with Gasteiger partial charge in [0.1, 0.15) is 0 Å². The van der Waals surface area contributed by atoms with Gasteiger partial charge in [-0.15, -0.1) is 0 Å². The number of fused-ring (bicyclic) bond motifs is 9. The van der Waals surface area contributed by atoms with Crippen LogP contribution in [0.4, 0.5) is 0 Å². The second kappa shape index (κ2) is 10.9. The number of para-hydroxylation sites is 1. The number of ether oxygens (including phenoxy) is 1. The summed E-state index contributed by atoms with van der Waals surface area (Å²) in [6.07, 6.45) is 8.20. The van der Waals surface area contributed by atoms with Crippen molar-refractivity contribution in [3.8, 4) is 0 Å². The van der Waals surface area contributed by atoms with E-state index in [1.54, 1.807) is 0 Å². The summed E-state index contributed by atoms with van der Waals surface area (Å²) in [4.78, 5) is 20.1. The normalized spacial score (nSPS) is 34.4. The number of nitrogens with one attached hydrogen (secondary N) is 2. The molecule has 1 aliphatic carbocycles. The van der Waals surface area contributed by atoms with Crippen LogP contribution in [0.25, 0.3) is 21.8 Å². The van der Waals surface area contributed by atoms with Crippen LogP contribution in [-0.4, -0.2) is 64.4 Å². The van der Waals surface area contributed by atoms with Gasteiger partial charge in [0, 0.05) is 83.9 Å². The smallest absolute Gasteiger partial charge is 0.310 e. The third-order valence-corrected chi connectivity index (χ3v) is 13.1. The summed E-state index contributed by atoms with van der Waals surface area (Å²) in [6, 6.07) is 16.6. The number of carbonyl (C=O) groups is 1. The lowest BCUT2D eigenvalue weighted by Crippen LogP contribution is -2.61. The van der Waals surface area contributed by atoms with E-state index in [-0.39, 0.29) is 36.4 Å². The first-order chi connectivity index (χ1) is 22.9. The monoisotopic (exact) mass is 630 g/mol. The molecule has 4 fully saturated rings. The number of esters is 1. The molecule has 4 saturated heterocycles.